The molecule has 0 saturated heterocycles. The number of thioether (sulfide) groups is 2. The number of nitrogens with one attached hydrogen (secondary N) is 2. The van der Waals surface area contributed by atoms with Gasteiger partial charge in [-0.05, 0) is 36.9 Å². The van der Waals surface area contributed by atoms with Gasteiger partial charge in [0.15, 0.2) is 0 Å². The van der Waals surface area contributed by atoms with Crippen molar-refractivity contribution in [2.24, 2.45) is 0 Å². The highest BCUT2D eigenvalue weighted by molar-refractivity contribution is 7.98. The highest BCUT2D eigenvalue weighted by atomic mass is 32.2. The number of hydrogen-bond donors (Lipinski definition) is 3. The minimum absolute atomic E-state index is 0.403. The van der Waals surface area contributed by atoms with E-state index >= 15 is 0 Å². The molecule has 0 heterocycles. The van der Waals surface area contributed by atoms with E-state index < -0.39 is 18.0 Å². The molecule has 0 unspecified atom stereocenters. The van der Waals surface area contributed by atoms with E-state index in [1.165, 1.54) is 0 Å². The fourth-order valence-corrected chi connectivity index (χ4v) is 2.03. The van der Waals surface area contributed by atoms with Gasteiger partial charge < -0.3 is 15.7 Å². The Labute approximate surface area is 110 Å². The van der Waals surface area contributed by atoms with Crippen LogP contribution in [-0.4, -0.2) is 53.7 Å². The van der Waals surface area contributed by atoms with Crippen LogP contribution in [0.15, 0.2) is 0 Å². The predicted octanol–water partition coefficient (Wildman–Crippen LogP) is 1.24. The van der Waals surface area contributed by atoms with E-state index in [-0.39, 0.29) is 0 Å². The molecule has 0 aliphatic rings. The van der Waals surface area contributed by atoms with Crippen molar-refractivity contribution in [3.8, 4) is 0 Å². The molecule has 0 rings (SSSR count). The Balaban J connectivity index is 3.83. The molecule has 0 aromatic rings. The molecule has 0 bridgehead atoms. The Kier molecular flexibility index (Phi) is 10.2. The third kappa shape index (κ3) is 9.17. The number of aliphatic carboxylic acids is 1. The van der Waals surface area contributed by atoms with Crippen LogP contribution in [-0.2, 0) is 4.79 Å². The lowest BCUT2D eigenvalue weighted by molar-refractivity contribution is -0.139. The maximum Gasteiger partial charge on any atom is 0.326 e. The molecule has 0 aliphatic heterocycles. The highest BCUT2D eigenvalue weighted by Gasteiger charge is 2.18. The van der Waals surface area contributed by atoms with Crippen LogP contribution in [0.1, 0.15) is 12.8 Å². The molecule has 100 valence electrons. The number of carbonyl (C=O) groups is 2. The number of carboxylic acid groups (broad SMARTS) is 1. The fraction of sp³-hybridized carbons (Fsp3) is 0.800. The molecular weight excluding hydrogens is 260 g/mol. The molecule has 17 heavy (non-hydrogen) atoms. The first-order valence-electron chi connectivity index (χ1n) is 5.36. The van der Waals surface area contributed by atoms with Crippen LogP contribution < -0.4 is 10.6 Å². The number of hydrogen-bond acceptors (Lipinski definition) is 4. The Morgan fingerprint density at radius 3 is 2.41 bits per heavy atom. The van der Waals surface area contributed by atoms with Crippen molar-refractivity contribution in [3.63, 3.8) is 0 Å². The van der Waals surface area contributed by atoms with Gasteiger partial charge >= 0.3 is 12.0 Å². The summed E-state index contributed by atoms with van der Waals surface area (Å²) in [5, 5.41) is 14.0. The maximum absolute atomic E-state index is 11.4. The van der Waals surface area contributed by atoms with Crippen molar-refractivity contribution in [3.05, 3.63) is 0 Å². The van der Waals surface area contributed by atoms with Gasteiger partial charge in [0.25, 0.3) is 0 Å². The van der Waals surface area contributed by atoms with Crippen LogP contribution in [0.2, 0.25) is 0 Å². The molecule has 3 N–H and O–H groups in total. The quantitative estimate of drug-likeness (QED) is 0.554. The Morgan fingerprint density at radius 2 is 1.88 bits per heavy atom. The molecule has 0 spiro atoms. The van der Waals surface area contributed by atoms with Crippen molar-refractivity contribution >= 4 is 35.5 Å². The van der Waals surface area contributed by atoms with Gasteiger partial charge in [0.05, 0.1) is 0 Å². The fourth-order valence-electron chi connectivity index (χ4n) is 1.12. The molecule has 5 nitrogen and oxygen atoms in total. The van der Waals surface area contributed by atoms with Crippen molar-refractivity contribution in [1.29, 1.82) is 0 Å². The molecule has 0 aromatic carbocycles. The minimum Gasteiger partial charge on any atom is -0.480 e. The molecular formula is C10H20N2O3S2. The zero-order chi connectivity index (χ0) is 13.1. The van der Waals surface area contributed by atoms with Crippen LogP contribution in [0.25, 0.3) is 0 Å². The SMILES string of the molecule is CSCCCNC(=O)N[C@H](CCSC)C(=O)O. The smallest absolute Gasteiger partial charge is 0.326 e. The third-order valence-corrected chi connectivity index (χ3v) is 3.37. The van der Waals surface area contributed by atoms with Gasteiger partial charge in [-0.15, -0.1) is 0 Å². The van der Waals surface area contributed by atoms with Gasteiger partial charge in [-0.2, -0.15) is 23.5 Å². The van der Waals surface area contributed by atoms with Gasteiger partial charge in [0.2, 0.25) is 0 Å². The van der Waals surface area contributed by atoms with Crippen LogP contribution in [0.5, 0.6) is 0 Å². The largest absolute Gasteiger partial charge is 0.480 e. The van der Waals surface area contributed by atoms with Gasteiger partial charge in [-0.3, -0.25) is 0 Å². The predicted molar refractivity (Wildman–Crippen MR) is 74.0 cm³/mol. The van der Waals surface area contributed by atoms with Crippen LogP contribution in [0.4, 0.5) is 4.79 Å². The van der Waals surface area contributed by atoms with Crippen LogP contribution >= 0.6 is 23.5 Å². The molecule has 0 fully saturated rings. The van der Waals surface area contributed by atoms with E-state index in [2.05, 4.69) is 10.6 Å². The lowest BCUT2D eigenvalue weighted by Gasteiger charge is -2.14. The summed E-state index contributed by atoms with van der Waals surface area (Å²) in [4.78, 5) is 22.2. The topological polar surface area (TPSA) is 78.4 Å². The van der Waals surface area contributed by atoms with Gasteiger partial charge in [0.1, 0.15) is 6.04 Å². The summed E-state index contributed by atoms with van der Waals surface area (Å²) in [7, 11) is 0. The molecule has 0 radical (unpaired) electrons. The lowest BCUT2D eigenvalue weighted by atomic mass is 10.2. The van der Waals surface area contributed by atoms with E-state index in [1.54, 1.807) is 23.5 Å². The van der Waals surface area contributed by atoms with Crippen molar-refractivity contribution in [2.45, 2.75) is 18.9 Å². The third-order valence-electron chi connectivity index (χ3n) is 2.02. The number of urea groups is 1. The van der Waals surface area contributed by atoms with Crippen LogP contribution in [0, 0.1) is 0 Å². The van der Waals surface area contributed by atoms with Crippen molar-refractivity contribution < 1.29 is 14.7 Å². The van der Waals surface area contributed by atoms with Gasteiger partial charge in [-0.1, -0.05) is 0 Å². The molecule has 0 aromatic heterocycles. The number of carboxylic acids is 1. The van der Waals surface area contributed by atoms with E-state index in [9.17, 15) is 9.59 Å². The molecule has 1 atom stereocenters. The van der Waals surface area contributed by atoms with E-state index in [4.69, 9.17) is 5.11 Å². The number of carbonyl (C=O) groups excluding carboxylic acids is 1. The average molecular weight is 280 g/mol. The minimum atomic E-state index is -0.988. The summed E-state index contributed by atoms with van der Waals surface area (Å²) in [5.41, 5.74) is 0. The summed E-state index contributed by atoms with van der Waals surface area (Å²) in [6.07, 6.45) is 5.23. The normalized spacial score (nSPS) is 11.9. The second kappa shape index (κ2) is 10.6. The van der Waals surface area contributed by atoms with E-state index in [1.807, 2.05) is 12.5 Å². The molecule has 2 amide bonds. The number of amides is 2. The van der Waals surface area contributed by atoms with Crippen molar-refractivity contribution in [2.75, 3.05) is 30.6 Å². The zero-order valence-corrected chi connectivity index (χ0v) is 11.8. The van der Waals surface area contributed by atoms with Crippen LogP contribution in [0.3, 0.4) is 0 Å². The molecule has 7 heteroatoms. The average Bonchev–Trinajstić information content (AvgIpc) is 2.29. The van der Waals surface area contributed by atoms with Crippen molar-refractivity contribution in [1.82, 2.24) is 10.6 Å². The summed E-state index contributed by atoms with van der Waals surface area (Å²) >= 11 is 3.28. The first-order chi connectivity index (χ1) is 8.11. The first-order valence-corrected chi connectivity index (χ1v) is 8.15. The number of rotatable bonds is 9. The van der Waals surface area contributed by atoms with Gasteiger partial charge in [-0.25, -0.2) is 9.59 Å². The standard InChI is InChI=1S/C10H20N2O3S2/c1-16-6-3-5-11-10(15)12-8(9(13)14)4-7-17-2/h8H,3-7H2,1-2H3,(H,13,14)(H2,11,12,15)/t8-/m1/s1. The molecule has 0 aliphatic carbocycles. The second-order valence-corrected chi connectivity index (χ2v) is 5.39. The first kappa shape index (κ1) is 16.4. The summed E-state index contributed by atoms with van der Waals surface area (Å²) in [6, 6.07) is -1.21. The second-order valence-electron chi connectivity index (χ2n) is 3.42. The van der Waals surface area contributed by atoms with E-state index in [0.717, 1.165) is 12.2 Å². The highest BCUT2D eigenvalue weighted by Crippen LogP contribution is 2.01. The lowest BCUT2D eigenvalue weighted by Crippen LogP contribution is -2.46. The summed E-state index contributed by atoms with van der Waals surface area (Å²) in [6.45, 7) is 0.571. The Hall–Kier alpha value is -0.560. The summed E-state index contributed by atoms with van der Waals surface area (Å²) in [5.74, 6) is 0.706. The summed E-state index contributed by atoms with van der Waals surface area (Å²) < 4.78 is 0. The van der Waals surface area contributed by atoms with Gasteiger partial charge in [0, 0.05) is 6.54 Å². The Bertz CT molecular complexity index is 240. The van der Waals surface area contributed by atoms with E-state index in [0.29, 0.717) is 18.7 Å². The Morgan fingerprint density at radius 1 is 1.24 bits per heavy atom. The maximum atomic E-state index is 11.4. The molecule has 0 saturated carbocycles. The zero-order valence-electron chi connectivity index (χ0n) is 10.2. The monoisotopic (exact) mass is 280 g/mol.